The van der Waals surface area contributed by atoms with Crippen molar-refractivity contribution in [1.82, 2.24) is 14.9 Å². The first kappa shape index (κ1) is 10.3. The summed E-state index contributed by atoms with van der Waals surface area (Å²) >= 11 is 0. The topological polar surface area (TPSA) is 94.8 Å². The van der Waals surface area contributed by atoms with Gasteiger partial charge in [0.15, 0.2) is 5.82 Å². The van der Waals surface area contributed by atoms with Crippen molar-refractivity contribution in [2.45, 2.75) is 6.42 Å². The molecule has 2 aromatic rings. The zero-order valence-corrected chi connectivity index (χ0v) is 8.80. The lowest BCUT2D eigenvalue weighted by molar-refractivity contribution is 0.831. The van der Waals surface area contributed by atoms with Crippen molar-refractivity contribution < 1.29 is 0 Å². The summed E-state index contributed by atoms with van der Waals surface area (Å²) in [6.07, 6.45) is 0.676. The van der Waals surface area contributed by atoms with Crippen LogP contribution in [0.4, 0.5) is 11.6 Å². The molecule has 6 heteroatoms. The lowest BCUT2D eigenvalue weighted by Gasteiger charge is -2.05. The Hall–Kier alpha value is -2.24. The summed E-state index contributed by atoms with van der Waals surface area (Å²) in [5.41, 5.74) is 6.54. The van der Waals surface area contributed by atoms with Crippen LogP contribution in [0.2, 0.25) is 0 Å². The zero-order chi connectivity index (χ0) is 11.4. The molecule has 0 atom stereocenters. The van der Waals surface area contributed by atoms with Gasteiger partial charge < -0.3 is 16.9 Å². The van der Waals surface area contributed by atoms with Crippen LogP contribution in [0.15, 0.2) is 30.3 Å². The number of hydrogen-bond acceptors (Lipinski definition) is 5. The van der Waals surface area contributed by atoms with Gasteiger partial charge in [0, 0.05) is 18.7 Å². The Morgan fingerprint density at radius 3 is 2.56 bits per heavy atom. The van der Waals surface area contributed by atoms with Crippen LogP contribution in [0.25, 0.3) is 0 Å². The van der Waals surface area contributed by atoms with Gasteiger partial charge in [-0.15, -0.1) is 10.2 Å². The number of aromatic nitrogens is 3. The van der Waals surface area contributed by atoms with Gasteiger partial charge >= 0.3 is 0 Å². The number of nitrogens with two attached hydrogens (primary N) is 2. The molecule has 0 aliphatic carbocycles. The molecule has 1 heterocycles. The highest BCUT2D eigenvalue weighted by Crippen LogP contribution is 2.05. The van der Waals surface area contributed by atoms with E-state index >= 15 is 0 Å². The lowest BCUT2D eigenvalue weighted by Crippen LogP contribution is -2.17. The molecular formula is C10H14N6. The summed E-state index contributed by atoms with van der Waals surface area (Å²) in [6, 6.07) is 9.93. The Labute approximate surface area is 93.2 Å². The van der Waals surface area contributed by atoms with Gasteiger partial charge in [0.05, 0.1) is 0 Å². The Kier molecular flexibility index (Phi) is 2.90. The van der Waals surface area contributed by atoms with Gasteiger partial charge in [-0.3, -0.25) is 0 Å². The summed E-state index contributed by atoms with van der Waals surface area (Å²) in [5.74, 6) is 6.52. The number of anilines is 2. The SMILES string of the molecule is Nc1nnc(CCNc2ccccc2)n1N. The number of para-hydroxylation sites is 1. The normalized spacial score (nSPS) is 10.2. The van der Waals surface area contributed by atoms with E-state index in [1.807, 2.05) is 30.3 Å². The van der Waals surface area contributed by atoms with Gasteiger partial charge in [-0.1, -0.05) is 18.2 Å². The van der Waals surface area contributed by atoms with E-state index in [1.54, 1.807) is 0 Å². The second-order valence-corrected chi connectivity index (χ2v) is 3.39. The molecule has 1 aromatic heterocycles. The summed E-state index contributed by atoms with van der Waals surface area (Å²) in [4.78, 5) is 0. The smallest absolute Gasteiger partial charge is 0.240 e. The van der Waals surface area contributed by atoms with E-state index in [4.69, 9.17) is 11.6 Å². The van der Waals surface area contributed by atoms with Gasteiger partial charge in [-0.2, -0.15) is 0 Å². The third kappa shape index (κ3) is 2.22. The molecule has 0 radical (unpaired) electrons. The Balaban J connectivity index is 1.87. The number of hydrogen-bond donors (Lipinski definition) is 3. The number of nitrogen functional groups attached to an aromatic ring is 2. The van der Waals surface area contributed by atoms with Crippen LogP contribution >= 0.6 is 0 Å². The number of benzene rings is 1. The van der Waals surface area contributed by atoms with Crippen LogP contribution < -0.4 is 16.9 Å². The Morgan fingerprint density at radius 2 is 1.94 bits per heavy atom. The van der Waals surface area contributed by atoms with Crippen LogP contribution in [-0.4, -0.2) is 21.4 Å². The molecule has 0 bridgehead atoms. The predicted molar refractivity (Wildman–Crippen MR) is 63.2 cm³/mol. The molecule has 0 saturated heterocycles. The molecule has 0 spiro atoms. The molecule has 0 saturated carbocycles. The second-order valence-electron chi connectivity index (χ2n) is 3.39. The Morgan fingerprint density at radius 1 is 1.19 bits per heavy atom. The maximum atomic E-state index is 5.62. The fourth-order valence-corrected chi connectivity index (χ4v) is 1.38. The first-order valence-corrected chi connectivity index (χ1v) is 5.01. The van der Waals surface area contributed by atoms with E-state index in [0.717, 1.165) is 12.2 Å². The van der Waals surface area contributed by atoms with Crippen molar-refractivity contribution >= 4 is 11.6 Å². The fraction of sp³-hybridized carbons (Fsp3) is 0.200. The molecule has 1 aromatic carbocycles. The first-order valence-electron chi connectivity index (χ1n) is 5.01. The summed E-state index contributed by atoms with van der Waals surface area (Å²) in [6.45, 7) is 0.735. The van der Waals surface area contributed by atoms with Crippen molar-refractivity contribution in [3.8, 4) is 0 Å². The molecular weight excluding hydrogens is 204 g/mol. The quantitative estimate of drug-likeness (QED) is 0.638. The van der Waals surface area contributed by atoms with Gasteiger partial charge in [-0.25, -0.2) is 4.68 Å². The monoisotopic (exact) mass is 218 g/mol. The second kappa shape index (κ2) is 4.52. The highest BCUT2D eigenvalue weighted by Gasteiger charge is 2.05. The third-order valence-electron chi connectivity index (χ3n) is 2.24. The van der Waals surface area contributed by atoms with E-state index in [1.165, 1.54) is 4.68 Å². The molecule has 0 aliphatic heterocycles. The van der Waals surface area contributed by atoms with Crippen molar-refractivity contribution in [3.63, 3.8) is 0 Å². The molecule has 0 aliphatic rings. The van der Waals surface area contributed by atoms with Gasteiger partial charge in [0.25, 0.3) is 0 Å². The minimum atomic E-state index is 0.231. The predicted octanol–water partition coefficient (Wildman–Crippen LogP) is 0.229. The summed E-state index contributed by atoms with van der Waals surface area (Å²) < 4.78 is 1.30. The molecule has 0 fully saturated rings. The maximum absolute atomic E-state index is 5.62. The molecule has 5 N–H and O–H groups in total. The Bertz CT molecular complexity index is 450. The minimum absolute atomic E-state index is 0.231. The van der Waals surface area contributed by atoms with E-state index < -0.39 is 0 Å². The molecule has 0 unspecified atom stereocenters. The molecule has 2 rings (SSSR count). The first-order chi connectivity index (χ1) is 7.77. The van der Waals surface area contributed by atoms with E-state index in [0.29, 0.717) is 12.2 Å². The highest BCUT2D eigenvalue weighted by molar-refractivity contribution is 5.42. The van der Waals surface area contributed by atoms with Crippen LogP contribution in [0.5, 0.6) is 0 Å². The lowest BCUT2D eigenvalue weighted by atomic mass is 10.3. The standard InChI is InChI=1S/C10H14N6/c11-10-15-14-9(16(10)12)6-7-13-8-4-2-1-3-5-8/h1-5,13H,6-7,12H2,(H2,11,15). The minimum Gasteiger partial charge on any atom is -0.385 e. The molecule has 6 nitrogen and oxygen atoms in total. The number of nitrogens with one attached hydrogen (secondary N) is 1. The van der Waals surface area contributed by atoms with Crippen LogP contribution in [0.3, 0.4) is 0 Å². The van der Waals surface area contributed by atoms with Crippen LogP contribution in [0, 0.1) is 0 Å². The van der Waals surface area contributed by atoms with E-state index in [2.05, 4.69) is 15.5 Å². The van der Waals surface area contributed by atoms with Crippen molar-refractivity contribution in [1.29, 1.82) is 0 Å². The maximum Gasteiger partial charge on any atom is 0.240 e. The number of nitrogens with zero attached hydrogens (tertiary/aromatic N) is 3. The third-order valence-corrected chi connectivity index (χ3v) is 2.24. The average Bonchev–Trinajstić information content (AvgIpc) is 2.62. The number of rotatable bonds is 4. The summed E-state index contributed by atoms with van der Waals surface area (Å²) in [5, 5.41) is 10.8. The average molecular weight is 218 g/mol. The molecule has 16 heavy (non-hydrogen) atoms. The van der Waals surface area contributed by atoms with E-state index in [-0.39, 0.29) is 5.95 Å². The van der Waals surface area contributed by atoms with Gasteiger partial charge in [0.1, 0.15) is 0 Å². The van der Waals surface area contributed by atoms with Gasteiger partial charge in [-0.05, 0) is 12.1 Å². The van der Waals surface area contributed by atoms with Crippen LogP contribution in [-0.2, 0) is 6.42 Å². The van der Waals surface area contributed by atoms with Crippen molar-refractivity contribution in [2.24, 2.45) is 0 Å². The highest BCUT2D eigenvalue weighted by atomic mass is 15.4. The molecule has 0 amide bonds. The van der Waals surface area contributed by atoms with Gasteiger partial charge in [0.2, 0.25) is 5.95 Å². The zero-order valence-electron chi connectivity index (χ0n) is 8.80. The van der Waals surface area contributed by atoms with Crippen LogP contribution in [0.1, 0.15) is 5.82 Å². The van der Waals surface area contributed by atoms with Crippen molar-refractivity contribution in [2.75, 3.05) is 23.4 Å². The largest absolute Gasteiger partial charge is 0.385 e. The van der Waals surface area contributed by atoms with E-state index in [9.17, 15) is 0 Å². The molecule has 84 valence electrons. The van der Waals surface area contributed by atoms with Crippen molar-refractivity contribution in [3.05, 3.63) is 36.2 Å². The fourth-order valence-electron chi connectivity index (χ4n) is 1.38. The summed E-state index contributed by atoms with van der Waals surface area (Å²) in [7, 11) is 0.